The molecule has 3 N–H and O–H groups in total. The van der Waals surface area contributed by atoms with E-state index in [9.17, 15) is 19.5 Å². The zero-order chi connectivity index (χ0) is 25.4. The summed E-state index contributed by atoms with van der Waals surface area (Å²) in [5.74, 6) is -2.06. The van der Waals surface area contributed by atoms with Crippen molar-refractivity contribution in [2.45, 2.75) is 40.3 Å². The number of fused-ring (bicyclic) bond motifs is 1. The Hall–Kier alpha value is -3.85. The number of aliphatic carboxylic acids is 1. The molecule has 0 saturated carbocycles. The lowest BCUT2D eigenvalue weighted by Gasteiger charge is -2.19. The third-order valence-electron chi connectivity index (χ3n) is 6.43. The van der Waals surface area contributed by atoms with E-state index < -0.39 is 29.3 Å². The highest BCUT2D eigenvalue weighted by atomic mass is 35.5. The van der Waals surface area contributed by atoms with Crippen LogP contribution < -0.4 is 17.0 Å². The molecular formula is C25H26ClN5O4. The van der Waals surface area contributed by atoms with Gasteiger partial charge in [0.1, 0.15) is 0 Å². The highest BCUT2D eigenvalue weighted by Gasteiger charge is 2.25. The SMILES string of the molecule is Cc1[nH]c2ccc(/N=c3\[nH]c(=O)n([C@@H](C)[C@@H](C)C(=O)O)c(=O)n3Cc3ccc(Cl)cc3)cc2c1C. The van der Waals surface area contributed by atoms with Gasteiger partial charge < -0.3 is 10.1 Å². The molecular weight excluding hydrogens is 470 g/mol. The van der Waals surface area contributed by atoms with Crippen molar-refractivity contribution in [3.05, 3.63) is 90.9 Å². The molecule has 0 radical (unpaired) electrons. The molecule has 2 heterocycles. The Balaban J connectivity index is 1.94. The van der Waals surface area contributed by atoms with Gasteiger partial charge in [-0.25, -0.2) is 19.1 Å². The molecule has 2 aromatic carbocycles. The molecule has 2 atom stereocenters. The number of carboxylic acids is 1. The largest absolute Gasteiger partial charge is 0.481 e. The lowest BCUT2D eigenvalue weighted by Crippen LogP contribution is -2.52. The fourth-order valence-electron chi connectivity index (χ4n) is 3.96. The molecule has 4 aromatic rings. The van der Waals surface area contributed by atoms with Gasteiger partial charge in [0.2, 0.25) is 5.62 Å². The highest BCUT2D eigenvalue weighted by molar-refractivity contribution is 6.30. The maximum absolute atomic E-state index is 13.5. The van der Waals surface area contributed by atoms with Crippen LogP contribution in [0.15, 0.2) is 57.0 Å². The third kappa shape index (κ3) is 4.72. The molecule has 0 aliphatic carbocycles. The number of H-pyrrole nitrogens is 2. The number of carbonyl (C=O) groups is 1. The number of benzene rings is 2. The van der Waals surface area contributed by atoms with Gasteiger partial charge in [-0.05, 0) is 69.2 Å². The van der Waals surface area contributed by atoms with Crippen molar-refractivity contribution in [1.29, 1.82) is 0 Å². The van der Waals surface area contributed by atoms with Crippen molar-refractivity contribution in [1.82, 2.24) is 19.1 Å². The third-order valence-corrected chi connectivity index (χ3v) is 6.68. The quantitative estimate of drug-likeness (QED) is 0.377. The van der Waals surface area contributed by atoms with Gasteiger partial charge in [-0.2, -0.15) is 0 Å². The first-order chi connectivity index (χ1) is 16.6. The van der Waals surface area contributed by atoms with Crippen LogP contribution in [0.4, 0.5) is 5.69 Å². The minimum Gasteiger partial charge on any atom is -0.481 e. The predicted octanol–water partition coefficient (Wildman–Crippen LogP) is 3.65. The summed E-state index contributed by atoms with van der Waals surface area (Å²) in [7, 11) is 0. The van der Waals surface area contributed by atoms with Crippen LogP contribution in [0, 0.1) is 19.8 Å². The number of hydrogen-bond acceptors (Lipinski definition) is 4. The number of nitrogens with one attached hydrogen (secondary N) is 2. The molecule has 10 heteroatoms. The van der Waals surface area contributed by atoms with Gasteiger partial charge in [-0.3, -0.25) is 14.3 Å². The molecule has 2 aromatic heterocycles. The number of aromatic nitrogens is 4. The van der Waals surface area contributed by atoms with Crippen LogP contribution in [0.25, 0.3) is 10.9 Å². The first kappa shape index (κ1) is 24.3. The average Bonchev–Trinajstić information content (AvgIpc) is 3.10. The number of hydrogen-bond donors (Lipinski definition) is 3. The first-order valence-electron chi connectivity index (χ1n) is 11.1. The van der Waals surface area contributed by atoms with Crippen molar-refractivity contribution in [2.24, 2.45) is 10.9 Å². The zero-order valence-corrected chi connectivity index (χ0v) is 20.6. The lowest BCUT2D eigenvalue weighted by molar-refractivity contribution is -0.142. The molecule has 0 bridgehead atoms. The van der Waals surface area contributed by atoms with Crippen molar-refractivity contribution in [2.75, 3.05) is 0 Å². The summed E-state index contributed by atoms with van der Waals surface area (Å²) in [5.41, 5.74) is 3.11. The maximum atomic E-state index is 13.5. The Kier molecular flexibility index (Phi) is 6.53. The van der Waals surface area contributed by atoms with Crippen LogP contribution in [-0.4, -0.2) is 30.2 Å². The van der Waals surface area contributed by atoms with E-state index in [0.717, 1.165) is 32.3 Å². The van der Waals surface area contributed by atoms with Gasteiger partial charge in [0.05, 0.1) is 24.2 Å². The number of rotatable bonds is 6. The van der Waals surface area contributed by atoms with Crippen LogP contribution in [0.1, 0.15) is 36.7 Å². The predicted molar refractivity (Wildman–Crippen MR) is 134 cm³/mol. The van der Waals surface area contributed by atoms with Crippen LogP contribution in [0.2, 0.25) is 5.02 Å². The van der Waals surface area contributed by atoms with E-state index in [-0.39, 0.29) is 12.2 Å². The molecule has 0 spiro atoms. The summed E-state index contributed by atoms with van der Waals surface area (Å²) in [4.78, 5) is 48.6. The Labute approximate surface area is 205 Å². The summed E-state index contributed by atoms with van der Waals surface area (Å²) >= 11 is 6.00. The standard InChI is InChI=1S/C25H26ClN5O4/c1-13-15(3)27-21-10-9-19(11-20(13)21)28-23-29-24(34)31(16(4)14(2)22(32)33)25(35)30(23)12-17-5-7-18(26)8-6-17/h5-11,14,16,27H,12H2,1-4H3,(H,32,33)(H,28,29,34)/t14-,16+/m1/s1. The molecule has 0 fully saturated rings. The first-order valence-corrected chi connectivity index (χ1v) is 11.5. The number of aryl methyl sites for hydroxylation is 2. The molecule has 4 rings (SSSR count). The van der Waals surface area contributed by atoms with Crippen LogP contribution in [0.3, 0.4) is 0 Å². The van der Waals surface area contributed by atoms with Crippen LogP contribution in [-0.2, 0) is 11.3 Å². The Morgan fingerprint density at radius 2 is 1.77 bits per heavy atom. The van der Waals surface area contributed by atoms with E-state index in [1.165, 1.54) is 18.4 Å². The monoisotopic (exact) mass is 495 g/mol. The van der Waals surface area contributed by atoms with Gasteiger partial charge in [-0.1, -0.05) is 23.7 Å². The molecule has 35 heavy (non-hydrogen) atoms. The van der Waals surface area contributed by atoms with E-state index in [4.69, 9.17) is 11.6 Å². The molecule has 0 saturated heterocycles. The summed E-state index contributed by atoms with van der Waals surface area (Å²) in [5, 5.41) is 11.0. The van der Waals surface area contributed by atoms with Gasteiger partial charge in [-0.15, -0.1) is 0 Å². The molecule has 0 aliphatic rings. The number of nitrogens with zero attached hydrogens (tertiary/aromatic N) is 3. The smallest absolute Gasteiger partial charge is 0.335 e. The normalized spacial score (nSPS) is 13.8. The van der Waals surface area contributed by atoms with Crippen molar-refractivity contribution in [3.8, 4) is 0 Å². The fourth-order valence-corrected chi connectivity index (χ4v) is 4.09. The van der Waals surface area contributed by atoms with Crippen molar-refractivity contribution >= 4 is 34.2 Å². The van der Waals surface area contributed by atoms with Crippen molar-refractivity contribution < 1.29 is 9.90 Å². The van der Waals surface area contributed by atoms with Gasteiger partial charge in [0.15, 0.2) is 0 Å². The van der Waals surface area contributed by atoms with Gasteiger partial charge in [0.25, 0.3) is 0 Å². The van der Waals surface area contributed by atoms with E-state index in [1.54, 1.807) is 30.3 Å². The molecule has 182 valence electrons. The van der Waals surface area contributed by atoms with Crippen LogP contribution >= 0.6 is 11.6 Å². The number of aromatic amines is 2. The van der Waals surface area contributed by atoms with E-state index in [2.05, 4.69) is 15.0 Å². The summed E-state index contributed by atoms with van der Waals surface area (Å²) in [6.07, 6.45) is 0. The minimum atomic E-state index is -1.10. The second kappa shape index (κ2) is 9.42. The van der Waals surface area contributed by atoms with E-state index in [0.29, 0.717) is 10.7 Å². The van der Waals surface area contributed by atoms with Gasteiger partial charge in [0, 0.05) is 21.6 Å². The lowest BCUT2D eigenvalue weighted by atomic mass is 10.0. The summed E-state index contributed by atoms with van der Waals surface area (Å²) in [6, 6.07) is 11.7. The van der Waals surface area contributed by atoms with E-state index in [1.807, 2.05) is 26.0 Å². The second-order valence-electron chi connectivity index (χ2n) is 8.70. The maximum Gasteiger partial charge on any atom is 0.335 e. The van der Waals surface area contributed by atoms with Gasteiger partial charge >= 0.3 is 17.3 Å². The number of carboxylic acid groups (broad SMARTS) is 1. The highest BCUT2D eigenvalue weighted by Crippen LogP contribution is 2.25. The molecule has 0 unspecified atom stereocenters. The number of halogens is 1. The Morgan fingerprint density at radius 1 is 1.09 bits per heavy atom. The average molecular weight is 496 g/mol. The Bertz CT molecular complexity index is 1610. The second-order valence-corrected chi connectivity index (χ2v) is 9.14. The Morgan fingerprint density at radius 3 is 2.43 bits per heavy atom. The molecule has 0 amide bonds. The van der Waals surface area contributed by atoms with E-state index >= 15 is 0 Å². The molecule has 0 aliphatic heterocycles. The van der Waals surface area contributed by atoms with Crippen LogP contribution in [0.5, 0.6) is 0 Å². The summed E-state index contributed by atoms with van der Waals surface area (Å²) < 4.78 is 2.26. The van der Waals surface area contributed by atoms with Crippen molar-refractivity contribution in [3.63, 3.8) is 0 Å². The summed E-state index contributed by atoms with van der Waals surface area (Å²) in [6.45, 7) is 7.08. The minimum absolute atomic E-state index is 0.0608. The molecule has 9 nitrogen and oxygen atoms in total. The zero-order valence-electron chi connectivity index (χ0n) is 19.8. The fraction of sp³-hybridized carbons (Fsp3) is 0.280. The topological polar surface area (TPSA) is 125 Å².